The van der Waals surface area contributed by atoms with Gasteiger partial charge in [0.25, 0.3) is 0 Å². The second-order valence-corrected chi connectivity index (χ2v) is 6.24. The third kappa shape index (κ3) is 3.03. The van der Waals surface area contributed by atoms with Crippen molar-refractivity contribution < 1.29 is 13.2 Å². The SMILES string of the molecule is Cc1ccc(CCC2CCc3ccc(F)c(F)c3C2)c(F)c1. The van der Waals surface area contributed by atoms with Gasteiger partial charge in [0, 0.05) is 0 Å². The Bertz CT molecular complexity index is 691. The van der Waals surface area contributed by atoms with E-state index in [9.17, 15) is 13.2 Å². The van der Waals surface area contributed by atoms with Crippen molar-refractivity contribution in [3.05, 3.63) is 70.0 Å². The van der Waals surface area contributed by atoms with Crippen molar-refractivity contribution >= 4 is 0 Å². The minimum absolute atomic E-state index is 0.173. The maximum absolute atomic E-state index is 13.9. The molecule has 2 aromatic rings. The van der Waals surface area contributed by atoms with Crippen LogP contribution >= 0.6 is 0 Å². The minimum atomic E-state index is -0.774. The quantitative estimate of drug-likeness (QED) is 0.735. The summed E-state index contributed by atoms with van der Waals surface area (Å²) in [5, 5.41) is 0. The summed E-state index contributed by atoms with van der Waals surface area (Å²) in [5.74, 6) is -1.37. The number of hydrogen-bond acceptors (Lipinski definition) is 0. The Morgan fingerprint density at radius 1 is 1.05 bits per heavy atom. The van der Waals surface area contributed by atoms with E-state index in [-0.39, 0.29) is 11.7 Å². The van der Waals surface area contributed by atoms with Crippen LogP contribution in [-0.4, -0.2) is 0 Å². The molecule has 0 amide bonds. The van der Waals surface area contributed by atoms with Crippen molar-refractivity contribution in [2.24, 2.45) is 5.92 Å². The zero-order chi connectivity index (χ0) is 15.7. The van der Waals surface area contributed by atoms with Crippen molar-refractivity contribution in [3.63, 3.8) is 0 Å². The topological polar surface area (TPSA) is 0 Å². The molecule has 0 N–H and O–H groups in total. The molecule has 0 saturated heterocycles. The summed E-state index contributed by atoms with van der Waals surface area (Å²) in [6.45, 7) is 1.86. The second kappa shape index (κ2) is 6.15. The van der Waals surface area contributed by atoms with E-state index in [1.807, 2.05) is 19.1 Å². The number of fused-ring (bicyclic) bond motifs is 1. The Kier molecular flexibility index (Phi) is 4.23. The van der Waals surface area contributed by atoms with Gasteiger partial charge in [-0.2, -0.15) is 0 Å². The van der Waals surface area contributed by atoms with Crippen molar-refractivity contribution in [1.29, 1.82) is 0 Å². The second-order valence-electron chi connectivity index (χ2n) is 6.24. The fourth-order valence-electron chi connectivity index (χ4n) is 3.30. The first-order valence-electron chi connectivity index (χ1n) is 7.75. The number of halogens is 3. The highest BCUT2D eigenvalue weighted by Gasteiger charge is 2.23. The van der Waals surface area contributed by atoms with Crippen LogP contribution in [0.3, 0.4) is 0 Å². The van der Waals surface area contributed by atoms with Gasteiger partial charge >= 0.3 is 0 Å². The standard InChI is InChI=1S/C19H19F3/c1-12-2-5-15(18(21)10-12)7-4-13-3-6-14-8-9-17(20)19(22)16(14)11-13/h2,5,8-10,13H,3-4,6-7,11H2,1H3. The van der Waals surface area contributed by atoms with Crippen LogP contribution in [0.5, 0.6) is 0 Å². The Morgan fingerprint density at radius 3 is 2.64 bits per heavy atom. The molecular formula is C19H19F3. The van der Waals surface area contributed by atoms with Crippen LogP contribution in [0.25, 0.3) is 0 Å². The number of aryl methyl sites for hydroxylation is 3. The van der Waals surface area contributed by atoms with Gasteiger partial charge in [0.15, 0.2) is 11.6 Å². The number of hydrogen-bond donors (Lipinski definition) is 0. The first kappa shape index (κ1) is 15.1. The first-order valence-corrected chi connectivity index (χ1v) is 7.75. The Hall–Kier alpha value is -1.77. The van der Waals surface area contributed by atoms with Crippen LogP contribution in [0.2, 0.25) is 0 Å². The van der Waals surface area contributed by atoms with E-state index in [0.717, 1.165) is 30.4 Å². The van der Waals surface area contributed by atoms with Crippen molar-refractivity contribution in [2.45, 2.75) is 39.0 Å². The lowest BCUT2D eigenvalue weighted by Crippen LogP contribution is -2.17. The summed E-state index contributed by atoms with van der Waals surface area (Å²) in [4.78, 5) is 0. The summed E-state index contributed by atoms with van der Waals surface area (Å²) in [7, 11) is 0. The molecule has 1 unspecified atom stereocenters. The fourth-order valence-corrected chi connectivity index (χ4v) is 3.30. The van der Waals surface area contributed by atoms with Crippen LogP contribution in [0.1, 0.15) is 35.1 Å². The Labute approximate surface area is 129 Å². The van der Waals surface area contributed by atoms with Gasteiger partial charge in [0.05, 0.1) is 0 Å². The van der Waals surface area contributed by atoms with Crippen molar-refractivity contribution in [1.82, 2.24) is 0 Å². The van der Waals surface area contributed by atoms with E-state index < -0.39 is 11.6 Å². The van der Waals surface area contributed by atoms with Gasteiger partial charge in [-0.15, -0.1) is 0 Å². The third-order valence-electron chi connectivity index (χ3n) is 4.64. The largest absolute Gasteiger partial charge is 0.207 e. The van der Waals surface area contributed by atoms with Gasteiger partial charge < -0.3 is 0 Å². The zero-order valence-electron chi connectivity index (χ0n) is 12.6. The van der Waals surface area contributed by atoms with Crippen LogP contribution in [0.4, 0.5) is 13.2 Å². The van der Waals surface area contributed by atoms with E-state index >= 15 is 0 Å². The Morgan fingerprint density at radius 2 is 1.86 bits per heavy atom. The molecule has 0 bridgehead atoms. The number of rotatable bonds is 3. The molecule has 2 aromatic carbocycles. The Balaban J connectivity index is 1.69. The smallest absolute Gasteiger partial charge is 0.162 e. The highest BCUT2D eigenvalue weighted by atomic mass is 19.2. The molecule has 0 fully saturated rings. The molecule has 22 heavy (non-hydrogen) atoms. The van der Waals surface area contributed by atoms with E-state index in [1.54, 1.807) is 12.1 Å². The normalized spacial score (nSPS) is 17.4. The molecule has 0 aromatic heterocycles. The molecule has 0 saturated carbocycles. The summed E-state index contributed by atoms with van der Waals surface area (Å²) in [6.07, 6.45) is 3.71. The molecule has 0 heterocycles. The predicted octanol–water partition coefficient (Wildman–Crippen LogP) is 5.15. The van der Waals surface area contributed by atoms with E-state index in [0.29, 0.717) is 24.0 Å². The molecule has 0 radical (unpaired) electrons. The van der Waals surface area contributed by atoms with Crippen LogP contribution < -0.4 is 0 Å². The van der Waals surface area contributed by atoms with E-state index in [2.05, 4.69) is 0 Å². The molecule has 116 valence electrons. The van der Waals surface area contributed by atoms with Crippen LogP contribution in [0, 0.1) is 30.3 Å². The van der Waals surface area contributed by atoms with Crippen molar-refractivity contribution in [3.8, 4) is 0 Å². The molecule has 1 atom stereocenters. The molecule has 3 rings (SSSR count). The van der Waals surface area contributed by atoms with Gasteiger partial charge in [-0.1, -0.05) is 18.2 Å². The van der Waals surface area contributed by atoms with Gasteiger partial charge in [-0.3, -0.25) is 0 Å². The van der Waals surface area contributed by atoms with Crippen LogP contribution in [-0.2, 0) is 19.3 Å². The summed E-state index contributed by atoms with van der Waals surface area (Å²) >= 11 is 0. The predicted molar refractivity (Wildman–Crippen MR) is 81.3 cm³/mol. The highest BCUT2D eigenvalue weighted by molar-refractivity contribution is 5.32. The van der Waals surface area contributed by atoms with Crippen LogP contribution in [0.15, 0.2) is 30.3 Å². The highest BCUT2D eigenvalue weighted by Crippen LogP contribution is 2.31. The van der Waals surface area contributed by atoms with Gasteiger partial charge in [-0.25, -0.2) is 13.2 Å². The van der Waals surface area contributed by atoms with E-state index in [4.69, 9.17) is 0 Å². The average Bonchev–Trinajstić information content (AvgIpc) is 2.50. The summed E-state index contributed by atoms with van der Waals surface area (Å²) < 4.78 is 41.1. The third-order valence-corrected chi connectivity index (χ3v) is 4.64. The van der Waals surface area contributed by atoms with Gasteiger partial charge in [0.1, 0.15) is 5.82 Å². The lowest BCUT2D eigenvalue weighted by atomic mass is 9.81. The minimum Gasteiger partial charge on any atom is -0.207 e. The maximum Gasteiger partial charge on any atom is 0.162 e. The molecule has 1 aliphatic carbocycles. The summed E-state index contributed by atoms with van der Waals surface area (Å²) in [6, 6.07) is 8.16. The maximum atomic E-state index is 13.9. The monoisotopic (exact) mass is 304 g/mol. The van der Waals surface area contributed by atoms with Gasteiger partial charge in [-0.05, 0) is 79.3 Å². The lowest BCUT2D eigenvalue weighted by Gasteiger charge is -2.25. The molecule has 0 aliphatic heterocycles. The first-order chi connectivity index (χ1) is 10.5. The molecule has 0 spiro atoms. The number of benzene rings is 2. The van der Waals surface area contributed by atoms with Crippen molar-refractivity contribution in [2.75, 3.05) is 0 Å². The lowest BCUT2D eigenvalue weighted by molar-refractivity contribution is 0.403. The van der Waals surface area contributed by atoms with Gasteiger partial charge in [0.2, 0.25) is 0 Å². The fraction of sp³-hybridized carbons (Fsp3) is 0.368. The molecular weight excluding hydrogens is 285 g/mol. The average molecular weight is 304 g/mol. The summed E-state index contributed by atoms with van der Waals surface area (Å²) in [5.41, 5.74) is 3.04. The molecule has 3 heteroatoms. The molecule has 0 nitrogen and oxygen atoms in total. The molecule has 1 aliphatic rings. The van der Waals surface area contributed by atoms with E-state index in [1.165, 1.54) is 6.07 Å². The zero-order valence-corrected chi connectivity index (χ0v) is 12.6.